The van der Waals surface area contributed by atoms with E-state index >= 15 is 0 Å². The molecule has 24 heavy (non-hydrogen) atoms. The van der Waals surface area contributed by atoms with E-state index in [9.17, 15) is 9.59 Å². The SMILES string of the molecule is CCCCN(CC(C)C(=O)OC)C(=O)COc1cc(C)ccc1C. The van der Waals surface area contributed by atoms with Gasteiger partial charge in [-0.25, -0.2) is 0 Å². The molecule has 134 valence electrons. The molecule has 0 spiro atoms. The van der Waals surface area contributed by atoms with E-state index in [2.05, 4.69) is 6.92 Å². The van der Waals surface area contributed by atoms with Gasteiger partial charge in [0.1, 0.15) is 5.75 Å². The molecule has 1 atom stereocenters. The summed E-state index contributed by atoms with van der Waals surface area (Å²) in [5, 5.41) is 0. The molecule has 1 aromatic carbocycles. The van der Waals surface area contributed by atoms with Crippen molar-refractivity contribution in [1.29, 1.82) is 0 Å². The Bertz CT molecular complexity index is 556. The van der Waals surface area contributed by atoms with Crippen LogP contribution in [0, 0.1) is 19.8 Å². The Balaban J connectivity index is 2.69. The molecule has 0 bridgehead atoms. The highest BCUT2D eigenvalue weighted by atomic mass is 16.5. The summed E-state index contributed by atoms with van der Waals surface area (Å²) in [6, 6.07) is 5.91. The average Bonchev–Trinajstić information content (AvgIpc) is 2.57. The second kappa shape index (κ2) is 9.96. The number of amides is 1. The maximum Gasteiger partial charge on any atom is 0.310 e. The van der Waals surface area contributed by atoms with Crippen molar-refractivity contribution in [2.24, 2.45) is 5.92 Å². The molecule has 0 aliphatic carbocycles. The van der Waals surface area contributed by atoms with Gasteiger partial charge in [-0.15, -0.1) is 0 Å². The number of unbranched alkanes of at least 4 members (excludes halogenated alkanes) is 1. The first-order valence-corrected chi connectivity index (χ1v) is 8.44. The Morgan fingerprint density at radius 3 is 2.58 bits per heavy atom. The van der Waals surface area contributed by atoms with Crippen LogP contribution in [0.15, 0.2) is 18.2 Å². The van der Waals surface area contributed by atoms with Gasteiger partial charge in [0.05, 0.1) is 13.0 Å². The normalized spacial score (nSPS) is 11.7. The lowest BCUT2D eigenvalue weighted by Crippen LogP contribution is -2.40. The summed E-state index contributed by atoms with van der Waals surface area (Å²) in [5.41, 5.74) is 2.08. The molecular formula is C19H29NO4. The number of hydrogen-bond donors (Lipinski definition) is 0. The number of rotatable bonds is 9. The van der Waals surface area contributed by atoms with E-state index in [-0.39, 0.29) is 24.4 Å². The minimum absolute atomic E-state index is 0.0259. The van der Waals surface area contributed by atoms with Gasteiger partial charge >= 0.3 is 5.97 Å². The number of esters is 1. The topological polar surface area (TPSA) is 55.8 Å². The van der Waals surface area contributed by atoms with Crippen LogP contribution in [0.4, 0.5) is 0 Å². The first-order valence-electron chi connectivity index (χ1n) is 8.44. The Morgan fingerprint density at radius 2 is 1.96 bits per heavy atom. The van der Waals surface area contributed by atoms with Crippen molar-refractivity contribution in [3.05, 3.63) is 29.3 Å². The summed E-state index contributed by atoms with van der Waals surface area (Å²) in [4.78, 5) is 25.8. The summed E-state index contributed by atoms with van der Waals surface area (Å²) in [5.74, 6) is -0.0452. The van der Waals surface area contributed by atoms with Crippen molar-refractivity contribution in [2.75, 3.05) is 26.8 Å². The lowest BCUT2D eigenvalue weighted by Gasteiger charge is -2.25. The van der Waals surface area contributed by atoms with Gasteiger partial charge in [0.2, 0.25) is 0 Å². The van der Waals surface area contributed by atoms with Gasteiger partial charge in [0, 0.05) is 13.1 Å². The minimum atomic E-state index is -0.350. The van der Waals surface area contributed by atoms with Gasteiger partial charge in [-0.3, -0.25) is 9.59 Å². The van der Waals surface area contributed by atoms with Crippen LogP contribution in [0.1, 0.15) is 37.8 Å². The summed E-state index contributed by atoms with van der Waals surface area (Å²) in [7, 11) is 1.36. The van der Waals surface area contributed by atoms with Crippen LogP contribution in [0.3, 0.4) is 0 Å². The number of nitrogens with zero attached hydrogens (tertiary/aromatic N) is 1. The first kappa shape index (κ1) is 20.0. The van der Waals surface area contributed by atoms with E-state index in [1.54, 1.807) is 11.8 Å². The van der Waals surface area contributed by atoms with E-state index in [1.807, 2.05) is 32.0 Å². The number of carbonyl (C=O) groups excluding carboxylic acids is 2. The molecular weight excluding hydrogens is 306 g/mol. The van der Waals surface area contributed by atoms with Crippen LogP contribution in [-0.4, -0.2) is 43.6 Å². The highest BCUT2D eigenvalue weighted by molar-refractivity contribution is 5.79. The van der Waals surface area contributed by atoms with Crippen molar-refractivity contribution in [1.82, 2.24) is 4.90 Å². The van der Waals surface area contributed by atoms with Crippen molar-refractivity contribution in [2.45, 2.75) is 40.5 Å². The van der Waals surface area contributed by atoms with Crippen molar-refractivity contribution in [3.8, 4) is 5.75 Å². The Hall–Kier alpha value is -2.04. The second-order valence-electron chi connectivity index (χ2n) is 6.18. The van der Waals surface area contributed by atoms with Crippen molar-refractivity contribution in [3.63, 3.8) is 0 Å². The third-order valence-electron chi connectivity index (χ3n) is 3.93. The quantitative estimate of drug-likeness (QED) is 0.651. The molecule has 0 aromatic heterocycles. The Kier molecular flexibility index (Phi) is 8.30. The van der Waals surface area contributed by atoms with Gasteiger partial charge in [0.25, 0.3) is 5.91 Å². The summed E-state index contributed by atoms with van der Waals surface area (Å²) in [6.45, 7) is 8.71. The van der Waals surface area contributed by atoms with Crippen LogP contribution in [0.2, 0.25) is 0 Å². The lowest BCUT2D eigenvalue weighted by molar-refractivity contribution is -0.146. The monoisotopic (exact) mass is 335 g/mol. The van der Waals surface area contributed by atoms with Crippen molar-refractivity contribution < 1.29 is 19.1 Å². The van der Waals surface area contributed by atoms with Crippen LogP contribution < -0.4 is 4.74 Å². The maximum atomic E-state index is 12.5. The van der Waals surface area contributed by atoms with Crippen LogP contribution in [0.25, 0.3) is 0 Å². The molecule has 0 fully saturated rings. The fourth-order valence-electron chi connectivity index (χ4n) is 2.37. The number of hydrogen-bond acceptors (Lipinski definition) is 4. The third kappa shape index (κ3) is 6.22. The molecule has 1 unspecified atom stereocenters. The summed E-state index contributed by atoms with van der Waals surface area (Å²) < 4.78 is 10.4. The molecule has 5 nitrogen and oxygen atoms in total. The highest BCUT2D eigenvalue weighted by Crippen LogP contribution is 2.19. The number of ether oxygens (including phenoxy) is 2. The molecule has 0 N–H and O–H groups in total. The highest BCUT2D eigenvalue weighted by Gasteiger charge is 2.21. The maximum absolute atomic E-state index is 12.5. The fraction of sp³-hybridized carbons (Fsp3) is 0.579. The smallest absolute Gasteiger partial charge is 0.310 e. The zero-order valence-corrected chi connectivity index (χ0v) is 15.4. The standard InChI is InChI=1S/C19H29NO4/c1-6-7-10-20(12-16(4)19(22)23-5)18(21)13-24-17-11-14(2)8-9-15(17)3/h8-9,11,16H,6-7,10,12-13H2,1-5H3. The molecule has 0 heterocycles. The predicted octanol–water partition coefficient (Wildman–Crippen LogP) is 3.12. The largest absolute Gasteiger partial charge is 0.483 e. The summed E-state index contributed by atoms with van der Waals surface area (Å²) >= 11 is 0. The van der Waals surface area contributed by atoms with Gasteiger partial charge in [-0.1, -0.05) is 32.4 Å². The zero-order valence-electron chi connectivity index (χ0n) is 15.4. The summed E-state index contributed by atoms with van der Waals surface area (Å²) in [6.07, 6.45) is 1.87. The first-order chi connectivity index (χ1) is 11.4. The van der Waals surface area contributed by atoms with Crippen LogP contribution >= 0.6 is 0 Å². The Morgan fingerprint density at radius 1 is 1.25 bits per heavy atom. The minimum Gasteiger partial charge on any atom is -0.483 e. The van der Waals surface area contributed by atoms with E-state index in [1.165, 1.54) is 7.11 Å². The molecule has 0 radical (unpaired) electrons. The molecule has 1 rings (SSSR count). The van der Waals surface area contributed by atoms with Gasteiger partial charge in [-0.2, -0.15) is 0 Å². The van der Waals surface area contributed by atoms with Crippen LogP contribution in [0.5, 0.6) is 5.75 Å². The van der Waals surface area contributed by atoms with Gasteiger partial charge in [0.15, 0.2) is 6.61 Å². The number of carbonyl (C=O) groups is 2. The number of aryl methyl sites for hydroxylation is 2. The molecule has 0 saturated heterocycles. The molecule has 1 aromatic rings. The van der Waals surface area contributed by atoms with Gasteiger partial charge < -0.3 is 14.4 Å². The second-order valence-corrected chi connectivity index (χ2v) is 6.18. The Labute approximate surface area is 144 Å². The average molecular weight is 335 g/mol. The van der Waals surface area contributed by atoms with Gasteiger partial charge in [-0.05, 0) is 37.5 Å². The fourth-order valence-corrected chi connectivity index (χ4v) is 2.37. The van der Waals surface area contributed by atoms with E-state index < -0.39 is 0 Å². The predicted molar refractivity (Wildman–Crippen MR) is 94.1 cm³/mol. The van der Waals surface area contributed by atoms with E-state index in [4.69, 9.17) is 9.47 Å². The van der Waals surface area contributed by atoms with Crippen molar-refractivity contribution >= 4 is 11.9 Å². The van der Waals surface area contributed by atoms with E-state index in [0.29, 0.717) is 13.1 Å². The molecule has 0 saturated carbocycles. The molecule has 5 heteroatoms. The third-order valence-corrected chi connectivity index (χ3v) is 3.93. The zero-order chi connectivity index (χ0) is 18.1. The van der Waals surface area contributed by atoms with Crippen LogP contribution in [-0.2, 0) is 14.3 Å². The molecule has 0 aliphatic rings. The molecule has 0 aliphatic heterocycles. The van der Waals surface area contributed by atoms with E-state index in [0.717, 1.165) is 29.7 Å². The molecule has 1 amide bonds. The number of methoxy groups -OCH3 is 1. The lowest BCUT2D eigenvalue weighted by atomic mass is 10.1. The number of benzene rings is 1.